The molecular formula is C15H25N3. The number of nitrogens with two attached hydrogens (primary N) is 1. The van der Waals surface area contributed by atoms with Crippen molar-refractivity contribution in [2.24, 2.45) is 11.7 Å². The largest absolute Gasteiger partial charge is 0.356 e. The minimum Gasteiger partial charge on any atom is -0.356 e. The summed E-state index contributed by atoms with van der Waals surface area (Å²) in [4.78, 5) is 6.96. The second kappa shape index (κ2) is 6.19. The van der Waals surface area contributed by atoms with Crippen LogP contribution in [0.15, 0.2) is 18.3 Å². The molecule has 1 aliphatic carbocycles. The molecule has 1 aromatic heterocycles. The van der Waals surface area contributed by atoms with Crippen molar-refractivity contribution in [3.05, 3.63) is 23.9 Å². The molecule has 2 N–H and O–H groups in total. The lowest BCUT2D eigenvalue weighted by Gasteiger charge is -2.37. The monoisotopic (exact) mass is 247 g/mol. The van der Waals surface area contributed by atoms with E-state index in [1.54, 1.807) is 0 Å². The molecule has 1 fully saturated rings. The summed E-state index contributed by atoms with van der Waals surface area (Å²) >= 11 is 0. The number of rotatable bonds is 4. The predicted molar refractivity (Wildman–Crippen MR) is 76.8 cm³/mol. The van der Waals surface area contributed by atoms with E-state index >= 15 is 0 Å². The molecule has 2 unspecified atom stereocenters. The molecule has 3 heteroatoms. The summed E-state index contributed by atoms with van der Waals surface area (Å²) < 4.78 is 0. The third-order valence-corrected chi connectivity index (χ3v) is 4.18. The molecule has 0 radical (unpaired) electrons. The van der Waals surface area contributed by atoms with Gasteiger partial charge in [-0.15, -0.1) is 0 Å². The Morgan fingerprint density at radius 2 is 2.17 bits per heavy atom. The fourth-order valence-electron chi connectivity index (χ4n) is 3.13. The van der Waals surface area contributed by atoms with Gasteiger partial charge in [0.2, 0.25) is 0 Å². The average molecular weight is 247 g/mol. The molecule has 0 bridgehead atoms. The average Bonchev–Trinajstić information content (AvgIpc) is 2.40. The van der Waals surface area contributed by atoms with Crippen LogP contribution in [0.25, 0.3) is 0 Å². The van der Waals surface area contributed by atoms with Gasteiger partial charge in [0.15, 0.2) is 0 Å². The van der Waals surface area contributed by atoms with Crippen molar-refractivity contribution < 1.29 is 0 Å². The van der Waals surface area contributed by atoms with Crippen LogP contribution in [0, 0.1) is 5.92 Å². The van der Waals surface area contributed by atoms with Crippen molar-refractivity contribution in [1.82, 2.24) is 4.98 Å². The molecule has 2 rings (SSSR count). The molecule has 0 aliphatic heterocycles. The molecule has 1 aromatic rings. The lowest BCUT2D eigenvalue weighted by molar-refractivity contribution is 0.320. The van der Waals surface area contributed by atoms with Gasteiger partial charge >= 0.3 is 0 Å². The maximum absolute atomic E-state index is 5.69. The predicted octanol–water partition coefficient (Wildman–Crippen LogP) is 2.60. The van der Waals surface area contributed by atoms with Crippen LogP contribution in [0.2, 0.25) is 0 Å². The first kappa shape index (κ1) is 13.3. The molecule has 0 aromatic carbocycles. The number of hydrogen-bond acceptors (Lipinski definition) is 3. The Morgan fingerprint density at radius 1 is 1.39 bits per heavy atom. The molecule has 2 atom stereocenters. The number of aromatic nitrogens is 1. The topological polar surface area (TPSA) is 42.2 Å². The number of anilines is 1. The Balaban J connectivity index is 2.19. The maximum atomic E-state index is 5.69. The highest BCUT2D eigenvalue weighted by Gasteiger charge is 2.26. The summed E-state index contributed by atoms with van der Waals surface area (Å²) in [6.45, 7) is 3.05. The van der Waals surface area contributed by atoms with E-state index in [0.717, 1.165) is 18.2 Å². The Morgan fingerprint density at radius 3 is 2.89 bits per heavy atom. The summed E-state index contributed by atoms with van der Waals surface area (Å²) in [6.07, 6.45) is 8.15. The van der Waals surface area contributed by atoms with Gasteiger partial charge in [-0.2, -0.15) is 0 Å². The smallest absolute Gasteiger partial charge is 0.131 e. The second-order valence-electron chi connectivity index (χ2n) is 5.46. The van der Waals surface area contributed by atoms with Crippen molar-refractivity contribution in [3.63, 3.8) is 0 Å². The first-order valence-corrected chi connectivity index (χ1v) is 7.11. The van der Waals surface area contributed by atoms with Gasteiger partial charge in [0.05, 0.1) is 0 Å². The van der Waals surface area contributed by atoms with Gasteiger partial charge in [-0.05, 0) is 43.4 Å². The van der Waals surface area contributed by atoms with Gasteiger partial charge in [0.25, 0.3) is 0 Å². The van der Waals surface area contributed by atoms with Crippen LogP contribution in [-0.4, -0.2) is 24.6 Å². The van der Waals surface area contributed by atoms with Crippen LogP contribution in [-0.2, 0) is 6.42 Å². The van der Waals surface area contributed by atoms with Crippen LogP contribution in [0.4, 0.5) is 5.82 Å². The van der Waals surface area contributed by atoms with Gasteiger partial charge in [-0.3, -0.25) is 0 Å². The number of nitrogens with zero attached hydrogens (tertiary/aromatic N) is 2. The number of hydrogen-bond donors (Lipinski definition) is 1. The molecule has 100 valence electrons. The zero-order valence-corrected chi connectivity index (χ0v) is 11.6. The van der Waals surface area contributed by atoms with Crippen LogP contribution in [0.3, 0.4) is 0 Å². The van der Waals surface area contributed by atoms with E-state index in [0.29, 0.717) is 12.6 Å². The van der Waals surface area contributed by atoms with Gasteiger partial charge < -0.3 is 10.6 Å². The lowest BCUT2D eigenvalue weighted by atomic mass is 9.85. The third-order valence-electron chi connectivity index (χ3n) is 4.18. The lowest BCUT2D eigenvalue weighted by Crippen LogP contribution is -2.40. The maximum Gasteiger partial charge on any atom is 0.131 e. The fourth-order valence-corrected chi connectivity index (χ4v) is 3.13. The minimum absolute atomic E-state index is 0.630. The van der Waals surface area contributed by atoms with Gasteiger partial charge in [-0.25, -0.2) is 4.98 Å². The summed E-state index contributed by atoms with van der Waals surface area (Å²) in [6, 6.07) is 4.79. The Hall–Kier alpha value is -1.09. The Labute approximate surface area is 110 Å². The zero-order chi connectivity index (χ0) is 13.0. The standard InChI is InChI=1S/C15H25N3/c1-12-6-3-4-8-14(12)18(2)15-13(9-10-16)7-5-11-17-15/h5,7,11-12,14H,3-4,6,8-10,16H2,1-2H3. The molecule has 3 nitrogen and oxygen atoms in total. The highest BCUT2D eigenvalue weighted by atomic mass is 15.2. The van der Waals surface area contributed by atoms with Gasteiger partial charge in [0.1, 0.15) is 5.82 Å². The van der Waals surface area contributed by atoms with E-state index in [1.807, 2.05) is 12.3 Å². The van der Waals surface area contributed by atoms with Crippen molar-refractivity contribution in [2.45, 2.75) is 45.1 Å². The quantitative estimate of drug-likeness (QED) is 0.889. The zero-order valence-electron chi connectivity index (χ0n) is 11.6. The highest BCUT2D eigenvalue weighted by Crippen LogP contribution is 2.30. The van der Waals surface area contributed by atoms with Crippen LogP contribution in [0.5, 0.6) is 0 Å². The van der Waals surface area contributed by atoms with Crippen molar-refractivity contribution >= 4 is 5.82 Å². The Bertz CT molecular complexity index is 378. The normalized spacial score (nSPS) is 23.9. The molecule has 0 saturated heterocycles. The van der Waals surface area contributed by atoms with E-state index < -0.39 is 0 Å². The molecular weight excluding hydrogens is 222 g/mol. The van der Waals surface area contributed by atoms with E-state index in [2.05, 4.69) is 29.9 Å². The van der Waals surface area contributed by atoms with Crippen LogP contribution < -0.4 is 10.6 Å². The van der Waals surface area contributed by atoms with E-state index in [1.165, 1.54) is 31.2 Å². The molecule has 18 heavy (non-hydrogen) atoms. The Kier molecular flexibility index (Phi) is 4.59. The van der Waals surface area contributed by atoms with Gasteiger partial charge in [0, 0.05) is 19.3 Å². The second-order valence-corrected chi connectivity index (χ2v) is 5.46. The molecule has 1 aliphatic rings. The van der Waals surface area contributed by atoms with Crippen LogP contribution >= 0.6 is 0 Å². The molecule has 0 spiro atoms. The van der Waals surface area contributed by atoms with E-state index in [4.69, 9.17) is 5.73 Å². The van der Waals surface area contributed by atoms with Crippen LogP contribution in [0.1, 0.15) is 38.2 Å². The highest BCUT2D eigenvalue weighted by molar-refractivity contribution is 5.47. The molecule has 0 amide bonds. The third kappa shape index (κ3) is 2.83. The summed E-state index contributed by atoms with van der Waals surface area (Å²) in [7, 11) is 2.19. The fraction of sp³-hybridized carbons (Fsp3) is 0.667. The summed E-state index contributed by atoms with van der Waals surface area (Å²) in [5.41, 5.74) is 6.97. The van der Waals surface area contributed by atoms with Gasteiger partial charge in [-0.1, -0.05) is 25.8 Å². The van der Waals surface area contributed by atoms with Crippen molar-refractivity contribution in [1.29, 1.82) is 0 Å². The summed E-state index contributed by atoms with van der Waals surface area (Å²) in [5, 5.41) is 0. The number of pyridine rings is 1. The minimum atomic E-state index is 0.630. The SMILES string of the molecule is CC1CCCCC1N(C)c1ncccc1CCN. The molecule has 1 saturated carbocycles. The molecule has 1 heterocycles. The first-order valence-electron chi connectivity index (χ1n) is 7.11. The van der Waals surface area contributed by atoms with Crippen molar-refractivity contribution in [3.8, 4) is 0 Å². The van der Waals surface area contributed by atoms with E-state index in [-0.39, 0.29) is 0 Å². The van der Waals surface area contributed by atoms with E-state index in [9.17, 15) is 0 Å². The first-order chi connectivity index (χ1) is 8.74. The summed E-state index contributed by atoms with van der Waals surface area (Å²) in [5.74, 6) is 1.89. The van der Waals surface area contributed by atoms with Crippen molar-refractivity contribution in [2.75, 3.05) is 18.5 Å².